The van der Waals surface area contributed by atoms with E-state index in [-0.39, 0.29) is 23.3 Å². The number of anilines is 1. The van der Waals surface area contributed by atoms with Crippen LogP contribution in [0.4, 0.5) is 5.69 Å². The predicted molar refractivity (Wildman–Crippen MR) is 193 cm³/mol. The molecule has 9 rings (SSSR count). The minimum atomic E-state index is -0.595. The first-order valence-electron chi connectivity index (χ1n) is 16.9. The number of imide groups is 2. The van der Waals surface area contributed by atoms with Crippen LogP contribution in [0.1, 0.15) is 67.4 Å². The monoisotopic (exact) mass is 652 g/mol. The predicted octanol–water partition coefficient (Wildman–Crippen LogP) is 7.88. The maximum atomic E-state index is 14.1. The van der Waals surface area contributed by atoms with Gasteiger partial charge in [-0.1, -0.05) is 110 Å². The van der Waals surface area contributed by atoms with E-state index in [1.54, 1.807) is 18.2 Å². The number of benzene rings is 5. The highest BCUT2D eigenvalue weighted by Gasteiger charge is 2.47. The summed E-state index contributed by atoms with van der Waals surface area (Å²) in [6.45, 7) is 4.09. The van der Waals surface area contributed by atoms with Gasteiger partial charge in [0.05, 0.1) is 27.8 Å². The largest absolute Gasteiger partial charge is 0.277 e. The number of carbonyl (C=O) groups excluding carboxylic acids is 4. The zero-order chi connectivity index (χ0) is 34.5. The summed E-state index contributed by atoms with van der Waals surface area (Å²) in [5.74, 6) is -1.51. The van der Waals surface area contributed by atoms with Gasteiger partial charge < -0.3 is 0 Å². The summed E-state index contributed by atoms with van der Waals surface area (Å²) in [5, 5.41) is 0. The van der Waals surface area contributed by atoms with Crippen molar-refractivity contribution in [3.8, 4) is 11.1 Å². The lowest BCUT2D eigenvalue weighted by atomic mass is 9.67. The molecule has 2 aliphatic carbocycles. The maximum Gasteiger partial charge on any atom is 0.266 e. The smallest absolute Gasteiger partial charge is 0.266 e. The fourth-order valence-electron chi connectivity index (χ4n) is 8.53. The highest BCUT2D eigenvalue weighted by molar-refractivity contribution is 6.35. The molecule has 50 heavy (non-hydrogen) atoms. The number of nitrogens with zero attached hydrogens (tertiary/aromatic N) is 2. The first-order valence-corrected chi connectivity index (χ1v) is 16.9. The van der Waals surface area contributed by atoms with Crippen molar-refractivity contribution >= 4 is 34.9 Å². The molecule has 242 valence electrons. The van der Waals surface area contributed by atoms with Gasteiger partial charge >= 0.3 is 0 Å². The van der Waals surface area contributed by atoms with Gasteiger partial charge in [-0.3, -0.25) is 24.1 Å². The minimum Gasteiger partial charge on any atom is -0.277 e. The summed E-state index contributed by atoms with van der Waals surface area (Å²) in [6.07, 6.45) is 2.43. The maximum absolute atomic E-state index is 14.1. The van der Waals surface area contributed by atoms with E-state index >= 15 is 0 Å². The average molecular weight is 653 g/mol. The molecule has 4 amide bonds. The van der Waals surface area contributed by atoms with Gasteiger partial charge in [0.15, 0.2) is 0 Å². The van der Waals surface area contributed by atoms with Crippen molar-refractivity contribution in [3.63, 3.8) is 0 Å². The number of allylic oxidation sites excluding steroid dienone is 2. The van der Waals surface area contributed by atoms with Crippen LogP contribution < -0.4 is 4.90 Å². The number of amides is 4. The lowest BCUT2D eigenvalue weighted by Crippen LogP contribution is -2.30. The molecule has 1 atom stereocenters. The molecule has 2 heterocycles. The van der Waals surface area contributed by atoms with Gasteiger partial charge in [-0.15, -0.1) is 0 Å². The Morgan fingerprint density at radius 2 is 1.20 bits per heavy atom. The molecule has 0 N–H and O–H groups in total. The number of aryl methyl sites for hydroxylation is 1. The molecule has 5 aromatic carbocycles. The third kappa shape index (κ3) is 3.90. The van der Waals surface area contributed by atoms with Crippen molar-refractivity contribution in [2.24, 2.45) is 5.92 Å². The molecule has 6 nitrogen and oxygen atoms in total. The number of likely N-dealkylation sites (N-methyl/N-ethyl adjacent to an activating group) is 1. The highest BCUT2D eigenvalue weighted by Crippen LogP contribution is 2.56. The van der Waals surface area contributed by atoms with Crippen molar-refractivity contribution in [1.29, 1.82) is 0 Å². The van der Waals surface area contributed by atoms with Crippen molar-refractivity contribution in [1.82, 2.24) is 4.90 Å². The summed E-state index contributed by atoms with van der Waals surface area (Å²) < 4.78 is 0. The molecule has 2 aliphatic heterocycles. The van der Waals surface area contributed by atoms with Crippen LogP contribution in [0.2, 0.25) is 0 Å². The Kier molecular flexibility index (Phi) is 6.40. The van der Waals surface area contributed by atoms with E-state index in [2.05, 4.69) is 79.7 Å². The van der Waals surface area contributed by atoms with Gasteiger partial charge in [-0.05, 0) is 88.0 Å². The van der Waals surface area contributed by atoms with Crippen LogP contribution in [-0.2, 0) is 15.0 Å². The molecule has 6 heteroatoms. The third-order valence-electron chi connectivity index (χ3n) is 11.0. The zero-order valence-corrected chi connectivity index (χ0v) is 27.9. The minimum absolute atomic E-state index is 0.0439. The number of fused-ring (bicyclic) bond motifs is 5. The molecular weight excluding hydrogens is 620 g/mol. The van der Waals surface area contributed by atoms with E-state index in [0.29, 0.717) is 34.4 Å². The van der Waals surface area contributed by atoms with Gasteiger partial charge in [-0.2, -0.15) is 0 Å². The van der Waals surface area contributed by atoms with E-state index in [9.17, 15) is 19.2 Å². The van der Waals surface area contributed by atoms with E-state index in [1.807, 2.05) is 37.3 Å². The summed E-state index contributed by atoms with van der Waals surface area (Å²) in [4.78, 5) is 56.2. The molecule has 1 unspecified atom stereocenters. The first-order chi connectivity index (χ1) is 24.2. The Hall–Kier alpha value is -6.14. The normalized spacial score (nSPS) is 18.7. The van der Waals surface area contributed by atoms with Gasteiger partial charge in [-0.25, -0.2) is 4.90 Å². The Morgan fingerprint density at radius 1 is 0.620 bits per heavy atom. The van der Waals surface area contributed by atoms with Gasteiger partial charge in [0.25, 0.3) is 23.6 Å². The highest BCUT2D eigenvalue weighted by atomic mass is 16.2. The molecular formula is C44H32N2O4. The van der Waals surface area contributed by atoms with Crippen LogP contribution in [0, 0.1) is 12.8 Å². The molecule has 0 spiro atoms. The van der Waals surface area contributed by atoms with Crippen LogP contribution in [0.5, 0.6) is 0 Å². The molecule has 1 saturated heterocycles. The van der Waals surface area contributed by atoms with Crippen molar-refractivity contribution in [3.05, 3.63) is 177 Å². The quantitative estimate of drug-likeness (QED) is 0.182. The van der Waals surface area contributed by atoms with Crippen LogP contribution in [-0.4, -0.2) is 35.6 Å². The number of rotatable bonds is 4. The molecule has 4 aliphatic rings. The second-order valence-electron chi connectivity index (χ2n) is 13.7. The Balaban J connectivity index is 1.13. The lowest BCUT2D eigenvalue weighted by Gasteiger charge is -2.34. The number of hydrogen-bond donors (Lipinski definition) is 0. The van der Waals surface area contributed by atoms with E-state index in [4.69, 9.17) is 0 Å². The van der Waals surface area contributed by atoms with E-state index in [1.165, 1.54) is 39.8 Å². The second kappa shape index (κ2) is 10.7. The summed E-state index contributed by atoms with van der Waals surface area (Å²) in [7, 11) is 1.49. The van der Waals surface area contributed by atoms with Gasteiger partial charge in [0, 0.05) is 12.6 Å². The molecule has 0 bridgehead atoms. The fourth-order valence-corrected chi connectivity index (χ4v) is 8.53. The van der Waals surface area contributed by atoms with E-state index in [0.717, 1.165) is 21.6 Å². The first kappa shape index (κ1) is 30.0. The average Bonchev–Trinajstić information content (AvgIpc) is 3.67. The van der Waals surface area contributed by atoms with Crippen LogP contribution >= 0.6 is 0 Å². The van der Waals surface area contributed by atoms with Crippen LogP contribution in [0.3, 0.4) is 0 Å². The van der Waals surface area contributed by atoms with Crippen LogP contribution in [0.25, 0.3) is 16.7 Å². The van der Waals surface area contributed by atoms with Gasteiger partial charge in [0.1, 0.15) is 0 Å². The lowest BCUT2D eigenvalue weighted by molar-refractivity contribution is -0.134. The summed E-state index contributed by atoms with van der Waals surface area (Å²) in [5.41, 5.74) is 10.8. The van der Waals surface area contributed by atoms with Gasteiger partial charge in [0.2, 0.25) is 0 Å². The zero-order valence-electron chi connectivity index (χ0n) is 27.9. The van der Waals surface area contributed by atoms with E-state index < -0.39 is 17.2 Å². The summed E-state index contributed by atoms with van der Waals surface area (Å²) in [6, 6.07) is 38.7. The number of likely N-dealkylation sites (tertiary alicyclic amines) is 1. The molecule has 5 aromatic rings. The Morgan fingerprint density at radius 3 is 1.84 bits per heavy atom. The van der Waals surface area contributed by atoms with Crippen LogP contribution in [0.15, 0.2) is 132 Å². The standard InChI is InChI=1S/C44H32N2O4/c1-25-12-16-28(17-13-25)44(36-10-6-4-8-31(36)32-9-5-7-11-37(32)44)29-18-20-30(21-19-29)46-41(48)33-23-15-27(24-35(33)42(46)49)38-26(2)14-22-34-39(38)43(50)45(3)40(34)47/h4-13,15-24,26H,14H2,1-3H3. The third-order valence-corrected chi connectivity index (χ3v) is 11.0. The Bertz CT molecular complexity index is 2370. The SMILES string of the molecule is Cc1ccc(C2(c3ccc(N4C(=O)c5ccc(C6=C7C(=O)N(C)C(=O)C7=CCC6C)cc5C4=O)cc3)c3ccccc3-c3ccccc32)cc1. The second-order valence-corrected chi connectivity index (χ2v) is 13.7. The molecule has 0 saturated carbocycles. The van der Waals surface area contributed by atoms with Crippen molar-refractivity contribution in [2.75, 3.05) is 11.9 Å². The summed E-state index contributed by atoms with van der Waals surface area (Å²) >= 11 is 0. The number of hydrogen-bond acceptors (Lipinski definition) is 4. The fraction of sp³-hybridized carbons (Fsp3) is 0.136. The Labute approximate surface area is 290 Å². The number of carbonyl (C=O) groups is 4. The molecule has 0 radical (unpaired) electrons. The topological polar surface area (TPSA) is 74.8 Å². The van der Waals surface area contributed by atoms with Crippen molar-refractivity contribution < 1.29 is 19.2 Å². The molecule has 1 fully saturated rings. The molecule has 0 aromatic heterocycles. The van der Waals surface area contributed by atoms with Crippen molar-refractivity contribution in [2.45, 2.75) is 25.7 Å².